The Morgan fingerprint density at radius 3 is 2.62 bits per heavy atom. The van der Waals surface area contributed by atoms with Crippen molar-refractivity contribution in [1.29, 1.82) is 0 Å². The number of carbonyl (C=O) groups is 1. The molecule has 0 fully saturated rings. The van der Waals surface area contributed by atoms with E-state index in [4.69, 9.17) is 11.6 Å². The molecule has 0 unspecified atom stereocenters. The zero-order valence-electron chi connectivity index (χ0n) is 14.1. The van der Waals surface area contributed by atoms with Crippen LogP contribution < -0.4 is 10.6 Å². The summed E-state index contributed by atoms with van der Waals surface area (Å²) in [4.78, 5) is 20.5. The van der Waals surface area contributed by atoms with Crippen LogP contribution in [0.15, 0.2) is 36.5 Å². The maximum atomic E-state index is 12.1. The lowest BCUT2D eigenvalue weighted by molar-refractivity contribution is 0.0947. The molecule has 0 spiro atoms. The molecular weight excluding hydrogens is 324 g/mol. The largest absolute Gasteiger partial charge is 0.354 e. The van der Waals surface area contributed by atoms with Crippen molar-refractivity contribution in [3.05, 3.63) is 52.8 Å². The van der Waals surface area contributed by atoms with E-state index in [0.29, 0.717) is 30.6 Å². The second-order valence-electron chi connectivity index (χ2n) is 6.01. The van der Waals surface area contributed by atoms with E-state index >= 15 is 0 Å². The zero-order valence-corrected chi connectivity index (χ0v) is 14.8. The number of anilines is 1. The predicted molar refractivity (Wildman–Crippen MR) is 97.5 cm³/mol. The van der Waals surface area contributed by atoms with Crippen molar-refractivity contribution in [3.63, 3.8) is 0 Å². The molecule has 5 nitrogen and oxygen atoms in total. The Hall–Kier alpha value is -2.14. The number of amides is 1. The first-order valence-electron chi connectivity index (χ1n) is 8.14. The Balaban J connectivity index is 1.83. The number of rotatable bonds is 8. The maximum Gasteiger partial charge on any atom is 0.270 e. The highest BCUT2D eigenvalue weighted by Crippen LogP contribution is 2.10. The van der Waals surface area contributed by atoms with Gasteiger partial charge in [0.1, 0.15) is 5.69 Å². The molecule has 128 valence electrons. The summed E-state index contributed by atoms with van der Waals surface area (Å²) in [6, 6.07) is 9.34. The van der Waals surface area contributed by atoms with Crippen molar-refractivity contribution in [2.24, 2.45) is 5.92 Å². The Kier molecular flexibility index (Phi) is 7.00. The molecular formula is C18H23ClN4O. The van der Waals surface area contributed by atoms with E-state index in [1.165, 1.54) is 5.56 Å². The second-order valence-corrected chi connectivity index (χ2v) is 6.44. The minimum Gasteiger partial charge on any atom is -0.354 e. The number of carbonyl (C=O) groups excluding carboxylic acids is 1. The molecule has 0 saturated carbocycles. The predicted octanol–water partition coefficient (Wildman–Crippen LogP) is 3.56. The van der Waals surface area contributed by atoms with Gasteiger partial charge in [0.2, 0.25) is 5.95 Å². The average Bonchev–Trinajstić information content (AvgIpc) is 2.56. The van der Waals surface area contributed by atoms with Crippen LogP contribution >= 0.6 is 11.6 Å². The van der Waals surface area contributed by atoms with Gasteiger partial charge in [0.05, 0.1) is 0 Å². The van der Waals surface area contributed by atoms with E-state index in [1.807, 2.05) is 24.3 Å². The van der Waals surface area contributed by atoms with Gasteiger partial charge in [-0.3, -0.25) is 4.79 Å². The molecule has 0 saturated heterocycles. The summed E-state index contributed by atoms with van der Waals surface area (Å²) >= 11 is 5.87. The molecule has 2 aromatic rings. The minimum atomic E-state index is -0.168. The topological polar surface area (TPSA) is 66.9 Å². The number of halogens is 1. The molecule has 2 N–H and O–H groups in total. The van der Waals surface area contributed by atoms with Crippen molar-refractivity contribution in [1.82, 2.24) is 15.3 Å². The van der Waals surface area contributed by atoms with Crippen molar-refractivity contribution in [2.75, 3.05) is 18.4 Å². The number of hydrogen-bond acceptors (Lipinski definition) is 4. The second kappa shape index (κ2) is 9.23. The van der Waals surface area contributed by atoms with Gasteiger partial charge in [-0.1, -0.05) is 37.6 Å². The Morgan fingerprint density at radius 1 is 1.17 bits per heavy atom. The lowest BCUT2D eigenvalue weighted by Gasteiger charge is -2.08. The summed E-state index contributed by atoms with van der Waals surface area (Å²) < 4.78 is 0. The summed E-state index contributed by atoms with van der Waals surface area (Å²) in [6.07, 6.45) is 3.36. The van der Waals surface area contributed by atoms with Gasteiger partial charge in [-0.05, 0) is 42.5 Å². The van der Waals surface area contributed by atoms with Gasteiger partial charge in [0.15, 0.2) is 0 Å². The van der Waals surface area contributed by atoms with Gasteiger partial charge in [-0.2, -0.15) is 0 Å². The monoisotopic (exact) mass is 346 g/mol. The smallest absolute Gasteiger partial charge is 0.270 e. The van der Waals surface area contributed by atoms with Crippen molar-refractivity contribution in [2.45, 2.75) is 26.7 Å². The first-order chi connectivity index (χ1) is 11.5. The molecule has 1 aromatic heterocycles. The number of hydrogen-bond donors (Lipinski definition) is 2. The highest BCUT2D eigenvalue weighted by molar-refractivity contribution is 6.30. The van der Waals surface area contributed by atoms with E-state index < -0.39 is 0 Å². The van der Waals surface area contributed by atoms with Crippen LogP contribution in [0.2, 0.25) is 5.02 Å². The minimum absolute atomic E-state index is 0.168. The van der Waals surface area contributed by atoms with Crippen LogP contribution in [-0.4, -0.2) is 29.0 Å². The van der Waals surface area contributed by atoms with Gasteiger partial charge in [0.25, 0.3) is 5.91 Å². The van der Waals surface area contributed by atoms with Crippen molar-refractivity contribution >= 4 is 23.5 Å². The zero-order chi connectivity index (χ0) is 17.4. The van der Waals surface area contributed by atoms with Gasteiger partial charge < -0.3 is 10.6 Å². The third-order valence-corrected chi connectivity index (χ3v) is 3.76. The van der Waals surface area contributed by atoms with E-state index in [0.717, 1.165) is 17.9 Å². The number of aromatic nitrogens is 2. The Labute approximate surface area is 147 Å². The first kappa shape index (κ1) is 18.2. The van der Waals surface area contributed by atoms with Crippen molar-refractivity contribution in [3.8, 4) is 0 Å². The van der Waals surface area contributed by atoms with Crippen LogP contribution in [0.25, 0.3) is 0 Å². The van der Waals surface area contributed by atoms with Gasteiger partial charge in [0, 0.05) is 24.3 Å². The van der Waals surface area contributed by atoms with Crippen LogP contribution in [0.1, 0.15) is 36.3 Å². The van der Waals surface area contributed by atoms with Crippen LogP contribution in [0.5, 0.6) is 0 Å². The van der Waals surface area contributed by atoms with E-state index in [1.54, 1.807) is 12.3 Å². The van der Waals surface area contributed by atoms with E-state index in [-0.39, 0.29) is 5.91 Å². The van der Waals surface area contributed by atoms with Gasteiger partial charge in [-0.15, -0.1) is 0 Å². The lowest BCUT2D eigenvalue weighted by Crippen LogP contribution is -2.26. The average molecular weight is 347 g/mol. The number of nitrogens with one attached hydrogen (secondary N) is 2. The fourth-order valence-electron chi connectivity index (χ4n) is 2.10. The molecule has 0 bridgehead atoms. The number of benzene rings is 1. The molecule has 0 aliphatic carbocycles. The Morgan fingerprint density at radius 2 is 1.92 bits per heavy atom. The molecule has 0 radical (unpaired) electrons. The fourth-order valence-corrected chi connectivity index (χ4v) is 2.23. The molecule has 1 heterocycles. The highest BCUT2D eigenvalue weighted by Gasteiger charge is 2.08. The SMILES string of the molecule is CC(C)CCNC(=O)c1ccnc(NCCc2ccc(Cl)cc2)n1. The van der Waals surface area contributed by atoms with Crippen LogP contribution in [-0.2, 0) is 6.42 Å². The molecule has 1 amide bonds. The molecule has 6 heteroatoms. The lowest BCUT2D eigenvalue weighted by atomic mass is 10.1. The summed E-state index contributed by atoms with van der Waals surface area (Å²) in [5.41, 5.74) is 1.55. The highest BCUT2D eigenvalue weighted by atomic mass is 35.5. The van der Waals surface area contributed by atoms with Crippen LogP contribution in [0.4, 0.5) is 5.95 Å². The fraction of sp³-hybridized carbons (Fsp3) is 0.389. The first-order valence-corrected chi connectivity index (χ1v) is 8.52. The van der Waals surface area contributed by atoms with Crippen LogP contribution in [0, 0.1) is 5.92 Å². The third kappa shape index (κ3) is 6.16. The Bertz CT molecular complexity index is 658. The quantitative estimate of drug-likeness (QED) is 0.767. The van der Waals surface area contributed by atoms with Gasteiger partial charge >= 0.3 is 0 Å². The molecule has 2 rings (SSSR count). The molecule has 0 atom stereocenters. The molecule has 0 aliphatic heterocycles. The third-order valence-electron chi connectivity index (χ3n) is 3.51. The standard InChI is InChI=1S/C18H23ClN4O/c1-13(2)7-10-20-17(24)16-9-12-22-18(23-16)21-11-8-14-3-5-15(19)6-4-14/h3-6,9,12-13H,7-8,10-11H2,1-2H3,(H,20,24)(H,21,22,23). The molecule has 24 heavy (non-hydrogen) atoms. The molecule has 0 aliphatic rings. The van der Waals surface area contributed by atoms with E-state index in [9.17, 15) is 4.79 Å². The summed E-state index contributed by atoms with van der Waals surface area (Å²) in [5, 5.41) is 6.75. The maximum absolute atomic E-state index is 12.1. The number of nitrogens with zero attached hydrogens (tertiary/aromatic N) is 2. The van der Waals surface area contributed by atoms with Gasteiger partial charge in [-0.25, -0.2) is 9.97 Å². The van der Waals surface area contributed by atoms with E-state index in [2.05, 4.69) is 34.4 Å². The van der Waals surface area contributed by atoms with Crippen LogP contribution in [0.3, 0.4) is 0 Å². The summed E-state index contributed by atoms with van der Waals surface area (Å²) in [7, 11) is 0. The van der Waals surface area contributed by atoms with Crippen molar-refractivity contribution < 1.29 is 4.79 Å². The molecule has 1 aromatic carbocycles. The normalized spacial score (nSPS) is 10.7. The summed E-state index contributed by atoms with van der Waals surface area (Å²) in [5.74, 6) is 0.847. The summed E-state index contributed by atoms with van der Waals surface area (Å²) in [6.45, 7) is 5.58.